The van der Waals surface area contributed by atoms with Gasteiger partial charge in [0.05, 0.1) is 11.4 Å². The van der Waals surface area contributed by atoms with Gasteiger partial charge in [0.25, 0.3) is 0 Å². The highest BCUT2D eigenvalue weighted by Gasteiger charge is 2.40. The number of aromatic nitrogens is 2. The Hall–Kier alpha value is -3.00. The van der Waals surface area contributed by atoms with E-state index in [1.165, 1.54) is 31.2 Å². The number of nitrogens with one attached hydrogen (secondary N) is 1. The van der Waals surface area contributed by atoms with Crippen LogP contribution in [0.25, 0.3) is 5.69 Å². The number of anilines is 1. The van der Waals surface area contributed by atoms with Crippen molar-refractivity contribution in [1.29, 1.82) is 0 Å². The number of alkyl halides is 3. The van der Waals surface area contributed by atoms with E-state index in [9.17, 15) is 18.0 Å². The second-order valence-corrected chi connectivity index (χ2v) is 6.47. The molecule has 3 rings (SSSR count). The summed E-state index contributed by atoms with van der Waals surface area (Å²) in [7, 11) is 0. The van der Waals surface area contributed by atoms with Gasteiger partial charge in [-0.1, -0.05) is 23.7 Å². The maximum absolute atomic E-state index is 13.5. The van der Waals surface area contributed by atoms with Crippen LogP contribution in [0.15, 0.2) is 48.5 Å². The molecule has 5 nitrogen and oxygen atoms in total. The van der Waals surface area contributed by atoms with Gasteiger partial charge in [-0.05, 0) is 55.8 Å². The zero-order chi connectivity index (χ0) is 20.5. The lowest BCUT2D eigenvalue weighted by atomic mass is 10.2. The number of amides is 1. The molecule has 0 saturated carbocycles. The van der Waals surface area contributed by atoms with Crippen molar-refractivity contribution in [3.05, 3.63) is 70.5 Å². The van der Waals surface area contributed by atoms with Gasteiger partial charge in [0.15, 0.2) is 5.75 Å². The highest BCUT2D eigenvalue weighted by molar-refractivity contribution is 6.30. The largest absolute Gasteiger partial charge is 0.438 e. The van der Waals surface area contributed by atoms with Crippen molar-refractivity contribution in [2.45, 2.75) is 20.0 Å². The normalized spacial score (nSPS) is 11.4. The summed E-state index contributed by atoms with van der Waals surface area (Å²) in [5, 5.41) is 6.44. The van der Waals surface area contributed by atoms with Crippen LogP contribution in [0.4, 0.5) is 23.7 Å². The van der Waals surface area contributed by atoms with E-state index in [1.807, 2.05) is 13.0 Å². The third kappa shape index (κ3) is 4.28. The SMILES string of the molecule is Cc1cccc(-n2nc(C(F)(F)F)c(OC(=O)Nc3ccc(Cl)cc3)c2C)c1. The van der Waals surface area contributed by atoms with Crippen molar-refractivity contribution in [3.8, 4) is 11.4 Å². The van der Waals surface area contributed by atoms with Gasteiger partial charge in [-0.15, -0.1) is 0 Å². The summed E-state index contributed by atoms with van der Waals surface area (Å²) in [6.45, 7) is 3.21. The van der Waals surface area contributed by atoms with Gasteiger partial charge in [-0.2, -0.15) is 18.3 Å². The number of hydrogen-bond acceptors (Lipinski definition) is 3. The van der Waals surface area contributed by atoms with Crippen molar-refractivity contribution >= 4 is 23.4 Å². The van der Waals surface area contributed by atoms with Gasteiger partial charge >= 0.3 is 12.3 Å². The molecular formula is C19H15ClF3N3O2. The summed E-state index contributed by atoms with van der Waals surface area (Å²) in [6, 6.07) is 12.9. The molecule has 1 heterocycles. The molecule has 0 saturated heterocycles. The number of carbonyl (C=O) groups excluding carboxylic acids is 1. The predicted octanol–water partition coefficient (Wildman–Crippen LogP) is 5.77. The second-order valence-electron chi connectivity index (χ2n) is 6.03. The van der Waals surface area contributed by atoms with Crippen LogP contribution in [0.3, 0.4) is 0 Å². The molecule has 9 heteroatoms. The lowest BCUT2D eigenvalue weighted by Crippen LogP contribution is -2.19. The fourth-order valence-electron chi connectivity index (χ4n) is 2.58. The molecule has 0 atom stereocenters. The molecule has 1 amide bonds. The summed E-state index contributed by atoms with van der Waals surface area (Å²) in [5.41, 5.74) is 0.369. The Balaban J connectivity index is 1.94. The topological polar surface area (TPSA) is 56.2 Å². The monoisotopic (exact) mass is 409 g/mol. The third-order valence-electron chi connectivity index (χ3n) is 3.86. The minimum Gasteiger partial charge on any atom is -0.406 e. The van der Waals surface area contributed by atoms with Crippen LogP contribution in [0, 0.1) is 13.8 Å². The number of benzene rings is 2. The molecule has 0 spiro atoms. The van der Waals surface area contributed by atoms with Crippen molar-refractivity contribution in [2.75, 3.05) is 5.32 Å². The van der Waals surface area contributed by atoms with Crippen molar-refractivity contribution in [2.24, 2.45) is 0 Å². The van der Waals surface area contributed by atoms with Gasteiger partial charge in [-0.25, -0.2) is 9.48 Å². The molecular weight excluding hydrogens is 395 g/mol. The van der Waals surface area contributed by atoms with Crippen LogP contribution in [0.1, 0.15) is 17.0 Å². The van der Waals surface area contributed by atoms with E-state index in [4.69, 9.17) is 16.3 Å². The summed E-state index contributed by atoms with van der Waals surface area (Å²) < 4.78 is 46.4. The highest BCUT2D eigenvalue weighted by atomic mass is 35.5. The Morgan fingerprint density at radius 1 is 1.14 bits per heavy atom. The smallest absolute Gasteiger partial charge is 0.406 e. The lowest BCUT2D eigenvalue weighted by Gasteiger charge is -2.09. The Morgan fingerprint density at radius 2 is 1.82 bits per heavy atom. The van der Waals surface area contributed by atoms with Crippen LogP contribution in [-0.2, 0) is 6.18 Å². The van der Waals surface area contributed by atoms with Gasteiger partial charge in [-0.3, -0.25) is 5.32 Å². The van der Waals surface area contributed by atoms with Crippen molar-refractivity contribution < 1.29 is 22.7 Å². The average Bonchev–Trinajstić information content (AvgIpc) is 2.94. The molecule has 0 fully saturated rings. The third-order valence-corrected chi connectivity index (χ3v) is 4.11. The number of ether oxygens (including phenoxy) is 1. The minimum absolute atomic E-state index is 0.0455. The number of halogens is 4. The molecule has 2 aromatic carbocycles. The highest BCUT2D eigenvalue weighted by Crippen LogP contribution is 2.38. The first-order chi connectivity index (χ1) is 13.1. The predicted molar refractivity (Wildman–Crippen MR) is 99.1 cm³/mol. The van der Waals surface area contributed by atoms with Crippen LogP contribution < -0.4 is 10.1 Å². The van der Waals surface area contributed by atoms with E-state index >= 15 is 0 Å². The van der Waals surface area contributed by atoms with Gasteiger partial charge < -0.3 is 4.74 Å². The first-order valence-electron chi connectivity index (χ1n) is 8.13. The van der Waals surface area contributed by atoms with E-state index in [0.29, 0.717) is 16.4 Å². The van der Waals surface area contributed by atoms with E-state index in [0.717, 1.165) is 10.2 Å². The van der Waals surface area contributed by atoms with Crippen LogP contribution in [0.5, 0.6) is 5.75 Å². The van der Waals surface area contributed by atoms with Gasteiger partial charge in [0, 0.05) is 10.7 Å². The Bertz CT molecular complexity index is 1010. The molecule has 0 aliphatic rings. The van der Waals surface area contributed by atoms with Gasteiger partial charge in [0.2, 0.25) is 5.69 Å². The maximum atomic E-state index is 13.5. The number of rotatable bonds is 3. The Morgan fingerprint density at radius 3 is 2.43 bits per heavy atom. The summed E-state index contributed by atoms with van der Waals surface area (Å²) in [6.07, 6.45) is -5.87. The molecule has 28 heavy (non-hydrogen) atoms. The Kier molecular flexibility index (Phi) is 5.33. The number of nitrogens with zero attached hydrogens (tertiary/aromatic N) is 2. The van der Waals surface area contributed by atoms with E-state index in [-0.39, 0.29) is 5.69 Å². The van der Waals surface area contributed by atoms with E-state index < -0.39 is 23.7 Å². The first kappa shape index (κ1) is 19.8. The molecule has 0 aliphatic carbocycles. The van der Waals surface area contributed by atoms with Gasteiger partial charge in [0.1, 0.15) is 0 Å². The number of carbonyl (C=O) groups is 1. The fourth-order valence-corrected chi connectivity index (χ4v) is 2.70. The molecule has 0 aliphatic heterocycles. The van der Waals surface area contributed by atoms with Crippen molar-refractivity contribution in [1.82, 2.24) is 9.78 Å². The lowest BCUT2D eigenvalue weighted by molar-refractivity contribution is -0.142. The average molecular weight is 410 g/mol. The molecule has 0 unspecified atom stereocenters. The molecule has 3 aromatic rings. The minimum atomic E-state index is -4.80. The summed E-state index contributed by atoms with van der Waals surface area (Å²) >= 11 is 5.76. The number of hydrogen-bond donors (Lipinski definition) is 1. The molecule has 1 aromatic heterocycles. The quantitative estimate of drug-likeness (QED) is 0.597. The van der Waals surface area contributed by atoms with Crippen LogP contribution in [-0.4, -0.2) is 15.9 Å². The van der Waals surface area contributed by atoms with E-state index in [2.05, 4.69) is 10.4 Å². The molecule has 146 valence electrons. The summed E-state index contributed by atoms with van der Waals surface area (Å²) in [4.78, 5) is 12.1. The van der Waals surface area contributed by atoms with E-state index in [1.54, 1.807) is 18.2 Å². The Labute approximate surface area is 163 Å². The maximum Gasteiger partial charge on any atom is 0.438 e. The zero-order valence-electron chi connectivity index (χ0n) is 14.8. The van der Waals surface area contributed by atoms with Crippen molar-refractivity contribution in [3.63, 3.8) is 0 Å². The number of aryl methyl sites for hydroxylation is 1. The molecule has 0 radical (unpaired) electrons. The first-order valence-corrected chi connectivity index (χ1v) is 8.51. The van der Waals surface area contributed by atoms with Crippen LogP contribution in [0.2, 0.25) is 5.02 Å². The molecule has 0 bridgehead atoms. The zero-order valence-corrected chi connectivity index (χ0v) is 15.6. The standard InChI is InChI=1S/C19H15ClF3N3O2/c1-11-4-3-5-15(10-11)26-12(2)16(17(25-26)19(21,22)23)28-18(27)24-14-8-6-13(20)7-9-14/h3-10H,1-2H3,(H,24,27). The van der Waals surface area contributed by atoms with Crippen LogP contribution >= 0.6 is 11.6 Å². The molecule has 1 N–H and O–H groups in total. The fraction of sp³-hybridized carbons (Fsp3) is 0.158. The second kappa shape index (κ2) is 7.55. The summed E-state index contributed by atoms with van der Waals surface area (Å²) in [5.74, 6) is -0.652.